The monoisotopic (exact) mass is 417 g/mol. The van der Waals surface area contributed by atoms with Crippen LogP contribution in [0.15, 0.2) is 40.8 Å². The Morgan fingerprint density at radius 1 is 1.21 bits per heavy atom. The molecule has 0 bridgehead atoms. The van der Waals surface area contributed by atoms with Crippen molar-refractivity contribution in [2.24, 2.45) is 17.3 Å². The van der Waals surface area contributed by atoms with Crippen LogP contribution in [-0.2, 0) is 14.8 Å². The van der Waals surface area contributed by atoms with Crippen LogP contribution >= 0.6 is 0 Å². The molecule has 6 heteroatoms. The number of rotatable bonds is 4. The first-order chi connectivity index (χ1) is 13.7. The van der Waals surface area contributed by atoms with Gasteiger partial charge in [-0.15, -0.1) is 0 Å². The lowest BCUT2D eigenvalue weighted by molar-refractivity contribution is -0.119. The molecule has 0 radical (unpaired) electrons. The lowest BCUT2D eigenvalue weighted by atomic mass is 9.61. The van der Waals surface area contributed by atoms with Gasteiger partial charge in [0.15, 0.2) is 0 Å². The Kier molecular flexibility index (Phi) is 5.47. The van der Waals surface area contributed by atoms with Gasteiger partial charge in [0.05, 0.1) is 11.0 Å². The van der Waals surface area contributed by atoms with E-state index in [0.29, 0.717) is 49.6 Å². The molecule has 0 unspecified atom stereocenters. The van der Waals surface area contributed by atoms with Crippen molar-refractivity contribution in [3.63, 3.8) is 0 Å². The molecule has 5 nitrogen and oxygen atoms in total. The predicted molar refractivity (Wildman–Crippen MR) is 112 cm³/mol. The summed E-state index contributed by atoms with van der Waals surface area (Å²) in [6, 6.07) is 6.97. The zero-order chi connectivity index (χ0) is 20.8. The average Bonchev–Trinajstić information content (AvgIpc) is 2.98. The van der Waals surface area contributed by atoms with Crippen molar-refractivity contribution in [1.29, 1.82) is 0 Å². The minimum Gasteiger partial charge on any atom is -0.393 e. The van der Waals surface area contributed by atoms with Gasteiger partial charge in [-0.2, -0.15) is 4.31 Å². The number of carbonyl (C=O) groups excluding carboxylic acids is 1. The zero-order valence-corrected chi connectivity index (χ0v) is 18.1. The van der Waals surface area contributed by atoms with Crippen LogP contribution in [0.25, 0.3) is 0 Å². The fraction of sp³-hybridized carbons (Fsp3) is 0.609. The molecule has 1 N–H and O–H groups in total. The number of sulfonamides is 1. The number of carbonyl (C=O) groups is 1. The molecular weight excluding hydrogens is 386 g/mol. The second-order valence-electron chi connectivity index (χ2n) is 9.42. The van der Waals surface area contributed by atoms with E-state index in [9.17, 15) is 18.3 Å². The molecule has 1 aromatic rings. The highest BCUT2D eigenvalue weighted by atomic mass is 32.2. The van der Waals surface area contributed by atoms with Gasteiger partial charge < -0.3 is 5.11 Å². The van der Waals surface area contributed by atoms with Gasteiger partial charge in [-0.25, -0.2) is 8.42 Å². The van der Waals surface area contributed by atoms with Gasteiger partial charge >= 0.3 is 0 Å². The molecule has 2 aliphatic carbocycles. The number of aliphatic hydroxyl groups excluding tert-OH is 1. The summed E-state index contributed by atoms with van der Waals surface area (Å²) < 4.78 is 27.8. The van der Waals surface area contributed by atoms with Crippen LogP contribution in [0.3, 0.4) is 0 Å². The lowest BCUT2D eigenvalue weighted by Gasteiger charge is -2.46. The topological polar surface area (TPSA) is 74.7 Å². The van der Waals surface area contributed by atoms with Crippen molar-refractivity contribution >= 4 is 15.8 Å². The Bertz CT molecular complexity index is 921. The van der Waals surface area contributed by atoms with E-state index in [2.05, 4.69) is 13.0 Å². The summed E-state index contributed by atoms with van der Waals surface area (Å²) in [5.74, 6) is 0.871. The van der Waals surface area contributed by atoms with Gasteiger partial charge in [-0.1, -0.05) is 36.3 Å². The Hall–Kier alpha value is -1.50. The number of aryl methyl sites for hydroxylation is 1. The number of fused-ring (bicyclic) bond motifs is 1. The summed E-state index contributed by atoms with van der Waals surface area (Å²) in [6.45, 7) is 4.90. The van der Waals surface area contributed by atoms with Crippen molar-refractivity contribution < 1.29 is 18.3 Å². The Balaban J connectivity index is 1.55. The largest absolute Gasteiger partial charge is 0.393 e. The van der Waals surface area contributed by atoms with Crippen molar-refractivity contribution in [1.82, 2.24) is 4.31 Å². The quantitative estimate of drug-likeness (QED) is 0.762. The molecule has 2 saturated carbocycles. The molecular formula is C23H31NO4S. The van der Waals surface area contributed by atoms with Crippen LogP contribution in [-0.4, -0.2) is 42.8 Å². The van der Waals surface area contributed by atoms with Crippen molar-refractivity contribution in [3.05, 3.63) is 41.5 Å². The second-order valence-corrected chi connectivity index (χ2v) is 11.4. The molecule has 0 aromatic heterocycles. The van der Waals surface area contributed by atoms with E-state index in [4.69, 9.17) is 0 Å². The van der Waals surface area contributed by atoms with E-state index in [0.717, 1.165) is 24.0 Å². The standard InChI is InChI=1S/C23H31NO4S/c1-16-5-7-21(8-6-16)29(27,28)24-9-3-4-18(15-24)13-23-14-20(25)12-19(23)10-17(2)11-22(23)26/h4-8,17,19,22,26H,3,9-15H2,1-2H3/t17-,19+,22-,23-/m1/s1. The number of ketones is 1. The average molecular weight is 418 g/mol. The molecule has 1 aromatic carbocycles. The van der Waals surface area contributed by atoms with Crippen molar-refractivity contribution in [2.75, 3.05) is 13.1 Å². The Morgan fingerprint density at radius 2 is 1.93 bits per heavy atom. The summed E-state index contributed by atoms with van der Waals surface area (Å²) in [7, 11) is -3.55. The molecule has 29 heavy (non-hydrogen) atoms. The second kappa shape index (κ2) is 7.64. The fourth-order valence-electron chi connectivity index (χ4n) is 5.69. The van der Waals surface area contributed by atoms with Crippen LogP contribution in [0.5, 0.6) is 0 Å². The van der Waals surface area contributed by atoms with Gasteiger partial charge in [-0.3, -0.25) is 4.79 Å². The smallest absolute Gasteiger partial charge is 0.243 e. The molecule has 0 saturated heterocycles. The van der Waals surface area contributed by atoms with E-state index in [1.807, 2.05) is 19.1 Å². The number of hydrogen-bond acceptors (Lipinski definition) is 4. The molecule has 0 spiro atoms. The minimum atomic E-state index is -3.55. The maximum Gasteiger partial charge on any atom is 0.243 e. The third kappa shape index (κ3) is 3.82. The third-order valence-corrected chi connectivity index (χ3v) is 9.05. The van der Waals surface area contributed by atoms with Gasteiger partial charge in [-0.05, 0) is 56.6 Å². The number of hydrogen-bond donors (Lipinski definition) is 1. The Labute approximate surface area is 173 Å². The van der Waals surface area contributed by atoms with Gasteiger partial charge in [0, 0.05) is 31.3 Å². The molecule has 4 atom stereocenters. The number of nitrogens with zero attached hydrogens (tertiary/aromatic N) is 1. The van der Waals surface area contributed by atoms with Crippen LogP contribution in [0.4, 0.5) is 0 Å². The molecule has 2 fully saturated rings. The molecule has 0 amide bonds. The summed E-state index contributed by atoms with van der Waals surface area (Å²) >= 11 is 0. The van der Waals surface area contributed by atoms with Crippen molar-refractivity contribution in [3.8, 4) is 0 Å². The molecule has 1 heterocycles. The molecule has 3 aliphatic rings. The normalized spacial score (nSPS) is 33.4. The van der Waals surface area contributed by atoms with Gasteiger partial charge in [0.1, 0.15) is 5.78 Å². The van der Waals surface area contributed by atoms with E-state index < -0.39 is 21.5 Å². The number of Topliss-reactive ketones (excluding diaryl/α,β-unsaturated/α-hetero) is 1. The van der Waals surface area contributed by atoms with Crippen LogP contribution < -0.4 is 0 Å². The third-order valence-electron chi connectivity index (χ3n) is 7.20. The molecule has 1 aliphatic heterocycles. The van der Waals surface area contributed by atoms with E-state index in [-0.39, 0.29) is 11.7 Å². The molecule has 158 valence electrons. The minimum absolute atomic E-state index is 0.207. The van der Waals surface area contributed by atoms with E-state index >= 15 is 0 Å². The highest BCUT2D eigenvalue weighted by molar-refractivity contribution is 7.89. The van der Waals surface area contributed by atoms with E-state index in [1.165, 1.54) is 0 Å². The van der Waals surface area contributed by atoms with Crippen LogP contribution in [0.2, 0.25) is 0 Å². The highest BCUT2D eigenvalue weighted by Gasteiger charge is 2.54. The zero-order valence-electron chi connectivity index (χ0n) is 17.3. The lowest BCUT2D eigenvalue weighted by Crippen LogP contribution is -2.46. The summed E-state index contributed by atoms with van der Waals surface area (Å²) in [5, 5.41) is 11.0. The highest BCUT2D eigenvalue weighted by Crippen LogP contribution is 2.55. The predicted octanol–water partition coefficient (Wildman–Crippen LogP) is 3.46. The number of aliphatic hydroxyl groups is 1. The number of benzene rings is 1. The summed E-state index contributed by atoms with van der Waals surface area (Å²) in [5.41, 5.74) is 1.66. The van der Waals surface area contributed by atoms with Crippen molar-refractivity contribution in [2.45, 2.75) is 63.4 Å². The van der Waals surface area contributed by atoms with Crippen LogP contribution in [0, 0.1) is 24.2 Å². The SMILES string of the molecule is Cc1ccc(S(=O)(=O)N2CCC=C(C[C@@]34CC(=O)C[C@@H]3C[C@@H](C)C[C@H]4O)C2)cc1. The van der Waals surface area contributed by atoms with Crippen LogP contribution in [0.1, 0.15) is 51.0 Å². The maximum absolute atomic E-state index is 13.1. The Morgan fingerprint density at radius 3 is 2.66 bits per heavy atom. The van der Waals surface area contributed by atoms with Gasteiger partial charge in [0.2, 0.25) is 10.0 Å². The fourth-order valence-corrected chi connectivity index (χ4v) is 7.15. The summed E-state index contributed by atoms with van der Waals surface area (Å²) in [6.07, 6.45) is 5.60. The first kappa shape index (κ1) is 20.8. The van der Waals surface area contributed by atoms with Gasteiger partial charge in [0.25, 0.3) is 0 Å². The first-order valence-corrected chi connectivity index (χ1v) is 12.1. The molecule has 4 rings (SSSR count). The summed E-state index contributed by atoms with van der Waals surface area (Å²) in [4.78, 5) is 12.6. The maximum atomic E-state index is 13.1. The van der Waals surface area contributed by atoms with E-state index in [1.54, 1.807) is 16.4 Å². The first-order valence-electron chi connectivity index (χ1n) is 10.7.